The van der Waals surface area contributed by atoms with E-state index in [9.17, 15) is 4.79 Å². The Balaban J connectivity index is 1.99. The number of pyridine rings is 3. The molecule has 0 aromatic carbocycles. The fourth-order valence-corrected chi connectivity index (χ4v) is 3.34. The number of carbonyl (C=O) groups excluding carboxylic acids is 1. The lowest BCUT2D eigenvalue weighted by Crippen LogP contribution is -2.03. The zero-order valence-corrected chi connectivity index (χ0v) is 16.5. The Bertz CT molecular complexity index is 1210. The standard InChI is InChI=1S/C21H18ClN5O/c1-4-18(28)17-7-12(2)15(11-24-17)14-8-13-10-25-19(22)9-16(13)26-20(14)21-23-5-6-27(21)3/h5-11H,4H2,1-3H3. The van der Waals surface area contributed by atoms with Crippen LogP contribution in [0.2, 0.25) is 5.15 Å². The van der Waals surface area contributed by atoms with E-state index in [1.54, 1.807) is 24.7 Å². The first-order valence-corrected chi connectivity index (χ1v) is 9.30. The largest absolute Gasteiger partial charge is 0.333 e. The highest BCUT2D eigenvalue weighted by Crippen LogP contribution is 2.34. The number of ketones is 1. The summed E-state index contributed by atoms with van der Waals surface area (Å²) in [4.78, 5) is 29.9. The van der Waals surface area contributed by atoms with Crippen LogP contribution in [0.4, 0.5) is 0 Å². The SMILES string of the molecule is CCC(=O)c1cc(C)c(-c2cc3cnc(Cl)cc3nc2-c2nccn2C)cn1. The van der Waals surface area contributed by atoms with E-state index in [2.05, 4.69) is 15.0 Å². The molecular weight excluding hydrogens is 374 g/mol. The Morgan fingerprint density at radius 1 is 1.11 bits per heavy atom. The molecule has 0 atom stereocenters. The van der Waals surface area contributed by atoms with Crippen molar-refractivity contribution in [2.75, 3.05) is 0 Å². The van der Waals surface area contributed by atoms with E-state index >= 15 is 0 Å². The molecule has 0 amide bonds. The average molecular weight is 392 g/mol. The lowest BCUT2D eigenvalue weighted by molar-refractivity contribution is 0.0983. The minimum atomic E-state index is 0.0226. The molecule has 0 bridgehead atoms. The first kappa shape index (κ1) is 18.3. The van der Waals surface area contributed by atoms with Gasteiger partial charge in [-0.2, -0.15) is 0 Å². The van der Waals surface area contributed by atoms with Crippen LogP contribution in [-0.2, 0) is 7.05 Å². The van der Waals surface area contributed by atoms with Gasteiger partial charge in [0.2, 0.25) is 0 Å². The van der Waals surface area contributed by atoms with Crippen molar-refractivity contribution in [2.24, 2.45) is 7.05 Å². The second-order valence-corrected chi connectivity index (χ2v) is 6.99. The van der Waals surface area contributed by atoms with Crippen molar-refractivity contribution in [3.63, 3.8) is 0 Å². The molecule has 0 aliphatic rings. The Labute approximate surface area is 167 Å². The predicted octanol–water partition coefficient (Wildman–Crippen LogP) is 4.65. The second kappa shape index (κ2) is 7.13. The molecule has 4 rings (SSSR count). The molecule has 140 valence electrons. The van der Waals surface area contributed by atoms with Gasteiger partial charge in [-0.05, 0) is 24.6 Å². The second-order valence-electron chi connectivity index (χ2n) is 6.61. The van der Waals surface area contributed by atoms with Gasteiger partial charge in [0.05, 0.1) is 5.52 Å². The summed E-state index contributed by atoms with van der Waals surface area (Å²) in [7, 11) is 1.92. The Morgan fingerprint density at radius 2 is 1.93 bits per heavy atom. The molecule has 28 heavy (non-hydrogen) atoms. The van der Waals surface area contributed by atoms with Crippen molar-refractivity contribution < 1.29 is 4.79 Å². The first-order chi connectivity index (χ1) is 13.5. The zero-order valence-electron chi connectivity index (χ0n) is 15.8. The molecule has 4 heterocycles. The number of aromatic nitrogens is 5. The van der Waals surface area contributed by atoms with E-state index < -0.39 is 0 Å². The Kier molecular flexibility index (Phi) is 4.65. The van der Waals surface area contributed by atoms with Crippen LogP contribution >= 0.6 is 11.6 Å². The van der Waals surface area contributed by atoms with Crippen molar-refractivity contribution in [1.29, 1.82) is 0 Å². The monoisotopic (exact) mass is 391 g/mol. The molecule has 4 aromatic rings. The van der Waals surface area contributed by atoms with E-state index in [0.29, 0.717) is 17.3 Å². The smallest absolute Gasteiger partial charge is 0.180 e. The van der Waals surface area contributed by atoms with E-state index in [1.807, 2.05) is 43.8 Å². The van der Waals surface area contributed by atoms with Crippen molar-refractivity contribution in [3.05, 3.63) is 59.4 Å². The van der Waals surface area contributed by atoms with Crippen LogP contribution in [0, 0.1) is 6.92 Å². The molecule has 0 saturated heterocycles. The molecule has 0 N–H and O–H groups in total. The highest BCUT2D eigenvalue weighted by Gasteiger charge is 2.18. The van der Waals surface area contributed by atoms with Gasteiger partial charge in [-0.3, -0.25) is 9.78 Å². The summed E-state index contributed by atoms with van der Waals surface area (Å²) in [5.74, 6) is 0.757. The van der Waals surface area contributed by atoms with Gasteiger partial charge in [-0.1, -0.05) is 18.5 Å². The number of nitrogens with zero attached hydrogens (tertiary/aromatic N) is 5. The van der Waals surface area contributed by atoms with Gasteiger partial charge in [0.1, 0.15) is 16.5 Å². The number of hydrogen-bond donors (Lipinski definition) is 0. The Morgan fingerprint density at radius 3 is 2.61 bits per heavy atom. The number of rotatable bonds is 4. The topological polar surface area (TPSA) is 73.6 Å². The van der Waals surface area contributed by atoms with E-state index in [-0.39, 0.29) is 5.78 Å². The maximum Gasteiger partial charge on any atom is 0.180 e. The summed E-state index contributed by atoms with van der Waals surface area (Å²) < 4.78 is 1.91. The van der Waals surface area contributed by atoms with Crippen LogP contribution in [0.25, 0.3) is 33.5 Å². The first-order valence-electron chi connectivity index (χ1n) is 8.92. The van der Waals surface area contributed by atoms with E-state index in [0.717, 1.165) is 39.1 Å². The molecule has 4 aromatic heterocycles. The molecule has 7 heteroatoms. The highest BCUT2D eigenvalue weighted by atomic mass is 35.5. The summed E-state index contributed by atoms with van der Waals surface area (Å²) in [5.41, 5.74) is 4.67. The third kappa shape index (κ3) is 3.16. The minimum Gasteiger partial charge on any atom is -0.333 e. The number of Topliss-reactive ketones (excluding diaryl/α,β-unsaturated/α-hetero) is 1. The zero-order chi connectivity index (χ0) is 19.8. The number of aryl methyl sites for hydroxylation is 2. The molecule has 6 nitrogen and oxygen atoms in total. The van der Waals surface area contributed by atoms with Crippen LogP contribution in [0.1, 0.15) is 29.4 Å². The number of fused-ring (bicyclic) bond motifs is 1. The van der Waals surface area contributed by atoms with Gasteiger partial charge in [-0.15, -0.1) is 0 Å². The summed E-state index contributed by atoms with van der Waals surface area (Å²) >= 11 is 6.06. The number of carbonyl (C=O) groups is 1. The third-order valence-corrected chi connectivity index (χ3v) is 4.91. The van der Waals surface area contributed by atoms with Gasteiger partial charge in [0, 0.05) is 60.8 Å². The van der Waals surface area contributed by atoms with E-state index in [1.165, 1.54) is 0 Å². The fraction of sp³-hybridized carbons (Fsp3) is 0.190. The molecule has 0 unspecified atom stereocenters. The van der Waals surface area contributed by atoms with Gasteiger partial charge >= 0.3 is 0 Å². The molecule has 0 radical (unpaired) electrons. The third-order valence-electron chi connectivity index (χ3n) is 4.71. The number of imidazole rings is 1. The molecule has 0 saturated carbocycles. The van der Waals surface area contributed by atoms with Crippen LogP contribution in [0.5, 0.6) is 0 Å². The van der Waals surface area contributed by atoms with Crippen LogP contribution in [0.3, 0.4) is 0 Å². The van der Waals surface area contributed by atoms with Gasteiger partial charge in [0.25, 0.3) is 0 Å². The van der Waals surface area contributed by atoms with E-state index in [4.69, 9.17) is 16.6 Å². The number of halogens is 1. The van der Waals surface area contributed by atoms with Crippen LogP contribution < -0.4 is 0 Å². The fourth-order valence-electron chi connectivity index (χ4n) is 3.18. The molecule has 0 fully saturated rings. The molecule has 0 aliphatic heterocycles. The van der Waals surface area contributed by atoms with Gasteiger partial charge in [0.15, 0.2) is 11.6 Å². The van der Waals surface area contributed by atoms with Gasteiger partial charge in [-0.25, -0.2) is 15.0 Å². The molecular formula is C21H18ClN5O. The number of hydrogen-bond acceptors (Lipinski definition) is 5. The summed E-state index contributed by atoms with van der Waals surface area (Å²) in [6.45, 7) is 3.80. The van der Waals surface area contributed by atoms with Crippen molar-refractivity contribution >= 4 is 28.3 Å². The summed E-state index contributed by atoms with van der Waals surface area (Å²) in [6.07, 6.45) is 7.47. The van der Waals surface area contributed by atoms with Crippen LogP contribution in [0.15, 0.2) is 43.0 Å². The summed E-state index contributed by atoms with van der Waals surface area (Å²) in [5, 5.41) is 1.25. The van der Waals surface area contributed by atoms with Crippen molar-refractivity contribution in [2.45, 2.75) is 20.3 Å². The Hall–Kier alpha value is -3.12. The van der Waals surface area contributed by atoms with Gasteiger partial charge < -0.3 is 4.57 Å². The molecule has 0 aliphatic carbocycles. The molecule has 0 spiro atoms. The maximum absolute atomic E-state index is 12.0. The van der Waals surface area contributed by atoms with Crippen LogP contribution in [-0.4, -0.2) is 30.3 Å². The maximum atomic E-state index is 12.0. The lowest BCUT2D eigenvalue weighted by Gasteiger charge is -2.13. The van der Waals surface area contributed by atoms with Crippen molar-refractivity contribution in [1.82, 2.24) is 24.5 Å². The quantitative estimate of drug-likeness (QED) is 0.374. The summed E-state index contributed by atoms with van der Waals surface area (Å²) in [6, 6.07) is 5.58. The predicted molar refractivity (Wildman–Crippen MR) is 109 cm³/mol. The van der Waals surface area contributed by atoms with Crippen molar-refractivity contribution in [3.8, 4) is 22.6 Å². The normalized spacial score (nSPS) is 11.1. The minimum absolute atomic E-state index is 0.0226. The lowest BCUT2D eigenvalue weighted by atomic mass is 9.98. The highest BCUT2D eigenvalue weighted by molar-refractivity contribution is 6.30. The average Bonchev–Trinajstić information content (AvgIpc) is 3.12.